The van der Waals surface area contributed by atoms with Crippen LogP contribution in [0.3, 0.4) is 0 Å². The molecule has 0 aliphatic carbocycles. The van der Waals surface area contributed by atoms with Crippen molar-refractivity contribution in [3.8, 4) is 0 Å². The van der Waals surface area contributed by atoms with Gasteiger partial charge in [-0.15, -0.1) is 0 Å². The minimum atomic E-state index is 0.760. The molecule has 78 valence electrons. The zero-order chi connectivity index (χ0) is 10.4. The van der Waals surface area contributed by atoms with Gasteiger partial charge in [-0.3, -0.25) is 0 Å². The Hall–Kier alpha value is -1.29. The summed E-state index contributed by atoms with van der Waals surface area (Å²) < 4.78 is 0. The molecule has 0 aliphatic rings. The van der Waals surface area contributed by atoms with E-state index in [1.54, 1.807) is 12.3 Å². The normalized spacial score (nSPS) is 10.1. The van der Waals surface area contributed by atoms with Crippen LogP contribution in [0, 0.1) is 0 Å². The van der Waals surface area contributed by atoms with Crippen molar-refractivity contribution in [3.63, 3.8) is 0 Å². The van der Waals surface area contributed by atoms with Crippen molar-refractivity contribution in [2.45, 2.75) is 6.42 Å². The summed E-state index contributed by atoms with van der Waals surface area (Å²) in [5.74, 6) is 0.932. The number of nitrogens with one attached hydrogen (secondary N) is 1. The van der Waals surface area contributed by atoms with E-state index < -0.39 is 0 Å². The molecule has 0 atom stereocenters. The van der Waals surface area contributed by atoms with Crippen LogP contribution in [0.25, 0.3) is 0 Å². The third-order valence-electron chi connectivity index (χ3n) is 2.08. The van der Waals surface area contributed by atoms with E-state index in [2.05, 4.69) is 15.2 Å². The zero-order valence-electron chi connectivity index (χ0n) is 8.83. The van der Waals surface area contributed by atoms with Crippen molar-refractivity contribution in [2.24, 2.45) is 0 Å². The molecule has 14 heavy (non-hydrogen) atoms. The van der Waals surface area contributed by atoms with Gasteiger partial charge >= 0.3 is 0 Å². The van der Waals surface area contributed by atoms with E-state index in [1.807, 2.05) is 20.2 Å². The lowest BCUT2D eigenvalue weighted by molar-refractivity contribution is 0.709. The highest BCUT2D eigenvalue weighted by molar-refractivity contribution is 5.49. The van der Waals surface area contributed by atoms with E-state index in [0.717, 1.165) is 31.0 Å². The first-order valence-electron chi connectivity index (χ1n) is 4.81. The molecule has 0 spiro atoms. The number of anilines is 2. The molecule has 4 nitrogen and oxygen atoms in total. The molecule has 0 aliphatic heterocycles. The van der Waals surface area contributed by atoms with Crippen LogP contribution in [0.5, 0.6) is 0 Å². The lowest BCUT2D eigenvalue weighted by Gasteiger charge is -2.17. The number of nitrogens with zero attached hydrogens (tertiary/aromatic N) is 2. The van der Waals surface area contributed by atoms with Gasteiger partial charge < -0.3 is 16.0 Å². The largest absolute Gasteiger partial charge is 0.399 e. The summed E-state index contributed by atoms with van der Waals surface area (Å²) in [7, 11) is 3.98. The predicted octanol–water partition coefficient (Wildman–Crippen LogP) is 0.709. The van der Waals surface area contributed by atoms with Gasteiger partial charge in [0, 0.05) is 31.5 Å². The molecule has 0 bridgehead atoms. The third-order valence-corrected chi connectivity index (χ3v) is 2.08. The van der Waals surface area contributed by atoms with E-state index >= 15 is 0 Å². The Labute approximate surface area is 85.1 Å². The van der Waals surface area contributed by atoms with Crippen LogP contribution in [-0.2, 0) is 0 Å². The fourth-order valence-electron chi connectivity index (χ4n) is 1.25. The highest BCUT2D eigenvalue weighted by Gasteiger charge is 2.01. The maximum Gasteiger partial charge on any atom is 0.130 e. The van der Waals surface area contributed by atoms with Crippen LogP contribution in [0.4, 0.5) is 11.5 Å². The maximum absolute atomic E-state index is 5.67. The second-order valence-corrected chi connectivity index (χ2v) is 3.33. The van der Waals surface area contributed by atoms with Crippen LogP contribution in [-0.4, -0.2) is 32.2 Å². The fraction of sp³-hybridized carbons (Fsp3) is 0.500. The van der Waals surface area contributed by atoms with Crippen molar-refractivity contribution in [3.05, 3.63) is 18.3 Å². The molecule has 4 heteroatoms. The topological polar surface area (TPSA) is 54.2 Å². The average molecular weight is 194 g/mol. The highest BCUT2D eigenvalue weighted by atomic mass is 15.2. The number of rotatable bonds is 5. The Bertz CT molecular complexity index is 275. The Kier molecular flexibility index (Phi) is 4.19. The van der Waals surface area contributed by atoms with Crippen molar-refractivity contribution >= 4 is 11.5 Å². The summed E-state index contributed by atoms with van der Waals surface area (Å²) in [5, 5.41) is 3.11. The number of pyridine rings is 1. The lowest BCUT2D eigenvalue weighted by atomic mass is 10.3. The Balaban J connectivity index is 2.47. The minimum absolute atomic E-state index is 0.760. The molecule has 1 heterocycles. The standard InChI is InChI=1S/C10H18N4/c1-12-5-3-7-14(2)10-8-9(11)4-6-13-10/h4,6,8,12H,3,5,7H2,1-2H3,(H2,11,13). The summed E-state index contributed by atoms with van der Waals surface area (Å²) in [6.45, 7) is 2.00. The minimum Gasteiger partial charge on any atom is -0.399 e. The van der Waals surface area contributed by atoms with Gasteiger partial charge in [-0.2, -0.15) is 0 Å². The highest BCUT2D eigenvalue weighted by Crippen LogP contribution is 2.11. The van der Waals surface area contributed by atoms with Gasteiger partial charge in [0.25, 0.3) is 0 Å². The molecule has 1 rings (SSSR count). The molecule has 1 aromatic rings. The lowest BCUT2D eigenvalue weighted by Crippen LogP contribution is -2.23. The number of hydrogen-bond acceptors (Lipinski definition) is 4. The van der Waals surface area contributed by atoms with Crippen molar-refractivity contribution in [2.75, 3.05) is 37.8 Å². The number of nitrogen functional groups attached to an aromatic ring is 1. The maximum atomic E-state index is 5.67. The summed E-state index contributed by atoms with van der Waals surface area (Å²) in [6.07, 6.45) is 2.84. The molecule has 3 N–H and O–H groups in total. The molecule has 0 saturated heterocycles. The second kappa shape index (κ2) is 5.44. The van der Waals surface area contributed by atoms with E-state index in [-0.39, 0.29) is 0 Å². The predicted molar refractivity (Wildman–Crippen MR) is 60.5 cm³/mol. The van der Waals surface area contributed by atoms with E-state index in [0.29, 0.717) is 0 Å². The third kappa shape index (κ3) is 3.22. The quantitative estimate of drug-likeness (QED) is 0.678. The van der Waals surface area contributed by atoms with Gasteiger partial charge in [-0.1, -0.05) is 0 Å². The van der Waals surface area contributed by atoms with Gasteiger partial charge in [0.1, 0.15) is 5.82 Å². The Morgan fingerprint density at radius 2 is 2.36 bits per heavy atom. The molecule has 0 saturated carbocycles. The molecule has 0 radical (unpaired) electrons. The summed E-state index contributed by atoms with van der Waals surface area (Å²) >= 11 is 0. The van der Waals surface area contributed by atoms with Gasteiger partial charge in [0.05, 0.1) is 0 Å². The molecule has 0 aromatic carbocycles. The summed E-state index contributed by atoms with van der Waals surface area (Å²) in [5.41, 5.74) is 6.43. The van der Waals surface area contributed by atoms with E-state index in [1.165, 1.54) is 0 Å². The van der Waals surface area contributed by atoms with E-state index in [9.17, 15) is 0 Å². The smallest absolute Gasteiger partial charge is 0.130 e. The first-order chi connectivity index (χ1) is 6.74. The second-order valence-electron chi connectivity index (χ2n) is 3.33. The fourth-order valence-corrected chi connectivity index (χ4v) is 1.25. The molecule has 1 aromatic heterocycles. The number of nitrogens with two attached hydrogens (primary N) is 1. The monoisotopic (exact) mass is 194 g/mol. The number of aromatic nitrogens is 1. The Morgan fingerprint density at radius 3 is 3.00 bits per heavy atom. The van der Waals surface area contributed by atoms with Crippen LogP contribution < -0.4 is 16.0 Å². The molecular formula is C10H18N4. The number of hydrogen-bond donors (Lipinski definition) is 2. The SMILES string of the molecule is CNCCCN(C)c1cc(N)ccn1. The van der Waals surface area contributed by atoms with Crippen LogP contribution in [0.15, 0.2) is 18.3 Å². The van der Waals surface area contributed by atoms with Gasteiger partial charge in [-0.25, -0.2) is 4.98 Å². The summed E-state index contributed by atoms with van der Waals surface area (Å²) in [4.78, 5) is 6.35. The van der Waals surface area contributed by atoms with Gasteiger partial charge in [0.15, 0.2) is 0 Å². The molecular weight excluding hydrogens is 176 g/mol. The van der Waals surface area contributed by atoms with Crippen molar-refractivity contribution in [1.29, 1.82) is 0 Å². The zero-order valence-corrected chi connectivity index (χ0v) is 8.83. The van der Waals surface area contributed by atoms with Gasteiger partial charge in [0.2, 0.25) is 0 Å². The first kappa shape index (κ1) is 10.8. The molecule has 0 amide bonds. The van der Waals surface area contributed by atoms with Gasteiger partial charge in [-0.05, 0) is 26.1 Å². The van der Waals surface area contributed by atoms with Crippen LogP contribution in [0.2, 0.25) is 0 Å². The van der Waals surface area contributed by atoms with Crippen LogP contribution >= 0.6 is 0 Å². The van der Waals surface area contributed by atoms with E-state index in [4.69, 9.17) is 5.73 Å². The average Bonchev–Trinajstić information content (AvgIpc) is 2.18. The van der Waals surface area contributed by atoms with Crippen molar-refractivity contribution in [1.82, 2.24) is 10.3 Å². The molecule has 0 unspecified atom stereocenters. The van der Waals surface area contributed by atoms with Crippen molar-refractivity contribution < 1.29 is 0 Å². The Morgan fingerprint density at radius 1 is 1.57 bits per heavy atom. The molecule has 0 fully saturated rings. The van der Waals surface area contributed by atoms with Crippen LogP contribution in [0.1, 0.15) is 6.42 Å². The first-order valence-corrected chi connectivity index (χ1v) is 4.81. The summed E-state index contributed by atoms with van der Waals surface area (Å²) in [6, 6.07) is 3.68.